The normalized spacial score (nSPS) is 11.1. The summed E-state index contributed by atoms with van der Waals surface area (Å²) in [6.45, 7) is 2.61. The van der Waals surface area contributed by atoms with Gasteiger partial charge in [-0.1, -0.05) is 52.9 Å². The van der Waals surface area contributed by atoms with E-state index < -0.39 is 0 Å². The van der Waals surface area contributed by atoms with Gasteiger partial charge < -0.3 is 4.74 Å². The monoisotopic (exact) mass is 656 g/mol. The van der Waals surface area contributed by atoms with E-state index in [-0.39, 0.29) is 5.78 Å². The summed E-state index contributed by atoms with van der Waals surface area (Å²) in [7, 11) is 0. The molecule has 0 spiro atoms. The second-order valence-corrected chi connectivity index (χ2v) is 11.6. The molecule has 0 aliphatic heterocycles. The first kappa shape index (κ1) is 30.4. The van der Waals surface area contributed by atoms with E-state index in [0.29, 0.717) is 41.5 Å². The molecule has 6 heterocycles. The van der Waals surface area contributed by atoms with Crippen molar-refractivity contribution in [3.8, 4) is 11.6 Å². The number of carbonyl (C=O) groups is 1. The molecule has 0 N–H and O–H groups in total. The van der Waals surface area contributed by atoms with Crippen LogP contribution in [-0.2, 0) is 13.1 Å². The van der Waals surface area contributed by atoms with Gasteiger partial charge in [0.15, 0.2) is 17.1 Å². The molecule has 0 aliphatic rings. The molecule has 9 rings (SSSR count). The van der Waals surface area contributed by atoms with Gasteiger partial charge in [0.05, 0.1) is 24.1 Å². The lowest BCUT2D eigenvalue weighted by molar-refractivity contribution is 0.101. The number of benzene rings is 3. The third kappa shape index (κ3) is 6.45. The van der Waals surface area contributed by atoms with Gasteiger partial charge in [-0.25, -0.2) is 14.3 Å². The molecular formula is C38H28N10O2. The molecule has 0 saturated carbocycles. The maximum atomic E-state index is 11.5. The molecule has 0 unspecified atom stereocenters. The number of aromatic nitrogens is 10. The largest absolute Gasteiger partial charge is 0.439 e. The van der Waals surface area contributed by atoms with Crippen LogP contribution in [0.5, 0.6) is 11.6 Å². The van der Waals surface area contributed by atoms with Crippen LogP contribution >= 0.6 is 0 Å². The zero-order valence-electron chi connectivity index (χ0n) is 26.8. The molecule has 0 atom stereocenters. The standard InChI is InChI=1S/C21H15N5O.C17H13N5O/c1-2-6-17(7-3-1)27-20-11-10-19-21(23-20)26(25-24-19)14-15-8-9-18-16(13-15)5-4-12-22-18;1-11(23)14-6-7-16-17(19-14)22(21-20-16)10-12-4-5-15-13(9-12)3-2-8-18-15/h1-13H,14H2;2-9H,10H2,1H3. The predicted octanol–water partition coefficient (Wildman–Crippen LogP) is 6.84. The van der Waals surface area contributed by atoms with Crippen molar-refractivity contribution in [1.82, 2.24) is 49.9 Å². The lowest BCUT2D eigenvalue weighted by Gasteiger charge is -2.06. The number of hydrogen-bond donors (Lipinski definition) is 0. The van der Waals surface area contributed by atoms with Crippen molar-refractivity contribution in [1.29, 1.82) is 0 Å². The number of fused-ring (bicyclic) bond motifs is 4. The highest BCUT2D eigenvalue weighted by Gasteiger charge is 2.12. The number of para-hydroxylation sites is 1. The van der Waals surface area contributed by atoms with Gasteiger partial charge in [0, 0.05) is 36.2 Å². The Hall–Kier alpha value is -6.95. The van der Waals surface area contributed by atoms with E-state index in [1.165, 1.54) is 6.92 Å². The van der Waals surface area contributed by atoms with Crippen molar-refractivity contribution in [3.05, 3.63) is 144 Å². The number of rotatable bonds is 7. The first-order valence-corrected chi connectivity index (χ1v) is 15.9. The van der Waals surface area contributed by atoms with E-state index in [1.54, 1.807) is 40.0 Å². The number of ketones is 1. The van der Waals surface area contributed by atoms with Gasteiger partial charge in [-0.3, -0.25) is 14.8 Å². The van der Waals surface area contributed by atoms with Crippen LogP contribution in [-0.4, -0.2) is 55.7 Å². The smallest absolute Gasteiger partial charge is 0.221 e. The molecule has 0 bridgehead atoms. The minimum atomic E-state index is -0.0728. The number of ether oxygens (including phenoxy) is 1. The maximum absolute atomic E-state index is 11.5. The van der Waals surface area contributed by atoms with Crippen LogP contribution in [0.2, 0.25) is 0 Å². The fourth-order valence-electron chi connectivity index (χ4n) is 5.56. The SMILES string of the molecule is CC(=O)c1ccc2nnn(Cc3ccc4ncccc4c3)c2n1.c1ccc(Oc2ccc3nnn(Cc4ccc5ncccc5c4)c3n2)cc1. The van der Waals surface area contributed by atoms with E-state index >= 15 is 0 Å². The van der Waals surface area contributed by atoms with Crippen LogP contribution in [0.1, 0.15) is 28.5 Å². The summed E-state index contributed by atoms with van der Waals surface area (Å²) in [6.07, 6.45) is 3.57. The molecule has 3 aromatic carbocycles. The summed E-state index contributed by atoms with van der Waals surface area (Å²) in [4.78, 5) is 29.1. The Morgan fingerprint density at radius 3 is 1.76 bits per heavy atom. The Labute approximate surface area is 285 Å². The highest BCUT2D eigenvalue weighted by molar-refractivity contribution is 5.93. The first-order chi connectivity index (χ1) is 24.6. The van der Waals surface area contributed by atoms with Crippen LogP contribution in [0, 0.1) is 0 Å². The molecule has 6 aromatic heterocycles. The summed E-state index contributed by atoms with van der Waals surface area (Å²) in [5.41, 5.74) is 7.25. The number of hydrogen-bond acceptors (Lipinski definition) is 10. The van der Waals surface area contributed by atoms with E-state index in [4.69, 9.17) is 4.74 Å². The Morgan fingerprint density at radius 2 is 1.16 bits per heavy atom. The summed E-state index contributed by atoms with van der Waals surface area (Å²) in [6, 6.07) is 36.9. The van der Waals surface area contributed by atoms with Crippen LogP contribution in [0.15, 0.2) is 128 Å². The van der Waals surface area contributed by atoms with E-state index in [9.17, 15) is 4.79 Å². The predicted molar refractivity (Wildman–Crippen MR) is 189 cm³/mol. The van der Waals surface area contributed by atoms with Gasteiger partial charge in [0.1, 0.15) is 22.5 Å². The maximum Gasteiger partial charge on any atom is 0.221 e. The zero-order chi connectivity index (χ0) is 33.9. The third-order valence-corrected chi connectivity index (χ3v) is 8.02. The van der Waals surface area contributed by atoms with Gasteiger partial charge in [-0.2, -0.15) is 4.98 Å². The Kier molecular flexibility index (Phi) is 8.07. The minimum absolute atomic E-state index is 0.0728. The number of pyridine rings is 4. The minimum Gasteiger partial charge on any atom is -0.439 e. The average Bonchev–Trinajstić information content (AvgIpc) is 3.75. The number of nitrogens with zero attached hydrogens (tertiary/aromatic N) is 10. The van der Waals surface area contributed by atoms with Gasteiger partial charge in [-0.15, -0.1) is 10.2 Å². The molecule has 0 aliphatic carbocycles. The molecule has 0 amide bonds. The highest BCUT2D eigenvalue weighted by Crippen LogP contribution is 2.22. The summed E-state index contributed by atoms with van der Waals surface area (Å²) in [5, 5.41) is 18.9. The van der Waals surface area contributed by atoms with Crippen molar-refractivity contribution in [3.63, 3.8) is 0 Å². The second-order valence-electron chi connectivity index (χ2n) is 11.6. The van der Waals surface area contributed by atoms with Gasteiger partial charge in [0.25, 0.3) is 0 Å². The van der Waals surface area contributed by atoms with Crippen LogP contribution in [0.4, 0.5) is 0 Å². The van der Waals surface area contributed by atoms with Crippen LogP contribution < -0.4 is 4.74 Å². The molecule has 0 saturated heterocycles. The van der Waals surface area contributed by atoms with E-state index in [2.05, 4.69) is 58.8 Å². The fourth-order valence-corrected chi connectivity index (χ4v) is 5.56. The zero-order valence-corrected chi connectivity index (χ0v) is 26.8. The average molecular weight is 657 g/mol. The summed E-state index contributed by atoms with van der Waals surface area (Å²) >= 11 is 0. The number of carbonyl (C=O) groups excluding carboxylic acids is 1. The topological polar surface area (TPSA) is 139 Å². The van der Waals surface area contributed by atoms with Crippen molar-refractivity contribution in [2.45, 2.75) is 20.0 Å². The molecule has 12 heteroatoms. The van der Waals surface area contributed by atoms with Crippen molar-refractivity contribution in [2.24, 2.45) is 0 Å². The molecule has 0 fully saturated rings. The summed E-state index contributed by atoms with van der Waals surface area (Å²) in [5.74, 6) is 1.18. The Bertz CT molecular complexity index is 2640. The molecule has 0 radical (unpaired) electrons. The van der Waals surface area contributed by atoms with Crippen molar-refractivity contribution in [2.75, 3.05) is 0 Å². The van der Waals surface area contributed by atoms with Gasteiger partial charge >= 0.3 is 0 Å². The van der Waals surface area contributed by atoms with Crippen molar-refractivity contribution >= 4 is 49.9 Å². The molecular weight excluding hydrogens is 628 g/mol. The van der Waals surface area contributed by atoms with Gasteiger partial charge in [0.2, 0.25) is 5.88 Å². The first-order valence-electron chi connectivity index (χ1n) is 15.9. The molecule has 12 nitrogen and oxygen atoms in total. The van der Waals surface area contributed by atoms with Crippen LogP contribution in [0.3, 0.4) is 0 Å². The van der Waals surface area contributed by atoms with E-state index in [1.807, 2.05) is 78.9 Å². The number of Topliss-reactive ketones (excluding diaryl/α,β-unsaturated/α-hetero) is 1. The van der Waals surface area contributed by atoms with Gasteiger partial charge in [-0.05, 0) is 77.9 Å². The Balaban J connectivity index is 0.000000146. The highest BCUT2D eigenvalue weighted by atomic mass is 16.5. The lowest BCUT2D eigenvalue weighted by atomic mass is 10.1. The van der Waals surface area contributed by atoms with Crippen LogP contribution in [0.25, 0.3) is 44.1 Å². The summed E-state index contributed by atoms with van der Waals surface area (Å²) < 4.78 is 9.32. The Morgan fingerprint density at radius 1 is 0.600 bits per heavy atom. The molecule has 9 aromatic rings. The lowest BCUT2D eigenvalue weighted by Crippen LogP contribution is -2.05. The van der Waals surface area contributed by atoms with E-state index in [0.717, 1.165) is 44.2 Å². The third-order valence-electron chi connectivity index (χ3n) is 8.02. The fraction of sp³-hybridized carbons (Fsp3) is 0.0789. The quantitative estimate of drug-likeness (QED) is 0.168. The molecule has 242 valence electrons. The second kappa shape index (κ2) is 13.3. The molecule has 50 heavy (non-hydrogen) atoms. The van der Waals surface area contributed by atoms with Crippen molar-refractivity contribution < 1.29 is 9.53 Å².